The standard InChI is InChI=1S/C30H54O7/c1-10-22-25-16(4)20(8)29(34-22)37-27-18(6)21(9)30(35-24(27)12-3)36-26-17(5)19(7)28(33-23(26)11-2)32-15-13-14-31-25/h16-30H,10-15H2,1-9H3/t16?,17?,18?,19-,20-,21-,22?,23?,24?,25-,26-,27-,28+,29-,30-/m0/s1. The third-order valence-electron chi connectivity index (χ3n) is 10.0. The second kappa shape index (κ2) is 12.9. The summed E-state index contributed by atoms with van der Waals surface area (Å²) in [6.07, 6.45) is 2.58. The second-order valence-corrected chi connectivity index (χ2v) is 12.3. The van der Waals surface area contributed by atoms with Crippen molar-refractivity contribution in [3.05, 3.63) is 0 Å². The molecule has 0 aliphatic carbocycles. The number of rotatable bonds is 3. The zero-order chi connectivity index (χ0) is 26.9. The molecular formula is C30H54O7. The van der Waals surface area contributed by atoms with Crippen molar-refractivity contribution in [2.24, 2.45) is 35.5 Å². The van der Waals surface area contributed by atoms with E-state index in [1.54, 1.807) is 0 Å². The lowest BCUT2D eigenvalue weighted by Crippen LogP contribution is -2.58. The van der Waals surface area contributed by atoms with Crippen molar-refractivity contribution in [2.75, 3.05) is 13.2 Å². The van der Waals surface area contributed by atoms with Crippen LogP contribution in [0.3, 0.4) is 0 Å². The Labute approximate surface area is 225 Å². The highest BCUT2D eigenvalue weighted by Crippen LogP contribution is 2.42. The number of hydrogen-bond donors (Lipinski definition) is 0. The van der Waals surface area contributed by atoms with Gasteiger partial charge in [-0.05, 0) is 43.4 Å². The summed E-state index contributed by atoms with van der Waals surface area (Å²) >= 11 is 0. The van der Waals surface area contributed by atoms with Crippen LogP contribution in [0.15, 0.2) is 0 Å². The summed E-state index contributed by atoms with van der Waals surface area (Å²) in [5.74, 6) is 1.50. The van der Waals surface area contributed by atoms with Gasteiger partial charge < -0.3 is 33.2 Å². The molecule has 8 saturated heterocycles. The largest absolute Gasteiger partial charge is 0.375 e. The first-order valence-corrected chi connectivity index (χ1v) is 15.2. The van der Waals surface area contributed by atoms with E-state index >= 15 is 0 Å². The van der Waals surface area contributed by atoms with Crippen molar-refractivity contribution < 1.29 is 33.2 Å². The minimum absolute atomic E-state index is 0.0118. The minimum Gasteiger partial charge on any atom is -0.375 e. The molecule has 0 spiro atoms. The number of hydrogen-bond acceptors (Lipinski definition) is 7. The highest BCUT2D eigenvalue weighted by molar-refractivity contribution is 4.92. The fraction of sp³-hybridized carbons (Fsp3) is 1.00. The molecule has 8 heterocycles. The zero-order valence-electron chi connectivity index (χ0n) is 24.8. The van der Waals surface area contributed by atoms with E-state index in [1.807, 2.05) is 0 Å². The molecule has 0 N–H and O–H groups in total. The van der Waals surface area contributed by atoms with E-state index in [-0.39, 0.29) is 79.2 Å². The summed E-state index contributed by atoms with van der Waals surface area (Å²) in [5.41, 5.74) is 0. The monoisotopic (exact) mass is 526 g/mol. The lowest BCUT2D eigenvalue weighted by Gasteiger charge is -2.51. The molecule has 8 aliphatic heterocycles. The lowest BCUT2D eigenvalue weighted by atomic mass is 9.81. The number of ether oxygens (including phenoxy) is 7. The quantitative estimate of drug-likeness (QED) is 0.462. The molecule has 8 aliphatic rings. The van der Waals surface area contributed by atoms with E-state index in [2.05, 4.69) is 62.3 Å². The Kier molecular flexibility index (Phi) is 10.4. The normalized spacial score (nSPS) is 52.0. The molecule has 0 radical (unpaired) electrons. The summed E-state index contributed by atoms with van der Waals surface area (Å²) < 4.78 is 46.1. The Morgan fingerprint density at radius 3 is 1.30 bits per heavy atom. The summed E-state index contributed by atoms with van der Waals surface area (Å²) in [6.45, 7) is 21.3. The summed E-state index contributed by atoms with van der Waals surface area (Å²) in [7, 11) is 0. The fourth-order valence-electron chi connectivity index (χ4n) is 6.74. The predicted octanol–water partition coefficient (Wildman–Crippen LogP) is 5.78. The number of fused-ring (bicyclic) bond motifs is 1. The van der Waals surface area contributed by atoms with Gasteiger partial charge in [-0.25, -0.2) is 0 Å². The minimum atomic E-state index is -0.290. The van der Waals surface area contributed by atoms with Crippen LogP contribution in [0.25, 0.3) is 0 Å². The van der Waals surface area contributed by atoms with Gasteiger partial charge in [-0.1, -0.05) is 62.3 Å². The topological polar surface area (TPSA) is 64.6 Å². The maximum absolute atomic E-state index is 6.83. The van der Waals surface area contributed by atoms with Gasteiger partial charge >= 0.3 is 0 Å². The Morgan fingerprint density at radius 1 is 0.432 bits per heavy atom. The third-order valence-corrected chi connectivity index (χ3v) is 10.0. The van der Waals surface area contributed by atoms with Crippen LogP contribution in [-0.4, -0.2) is 68.7 Å². The molecule has 216 valence electrons. The smallest absolute Gasteiger partial charge is 0.161 e. The van der Waals surface area contributed by atoms with Crippen LogP contribution in [0.5, 0.6) is 0 Å². The average molecular weight is 527 g/mol. The maximum atomic E-state index is 6.83. The van der Waals surface area contributed by atoms with Crippen LogP contribution in [-0.2, 0) is 33.2 Å². The lowest BCUT2D eigenvalue weighted by molar-refractivity contribution is -0.349. The van der Waals surface area contributed by atoms with Crippen LogP contribution < -0.4 is 0 Å². The van der Waals surface area contributed by atoms with E-state index in [1.165, 1.54) is 0 Å². The molecule has 7 nitrogen and oxygen atoms in total. The average Bonchev–Trinajstić information content (AvgIpc) is 2.90. The molecule has 0 saturated carbocycles. The van der Waals surface area contributed by atoms with Crippen molar-refractivity contribution in [1.82, 2.24) is 0 Å². The summed E-state index contributed by atoms with van der Waals surface area (Å²) in [6, 6.07) is 0. The van der Waals surface area contributed by atoms with Gasteiger partial charge in [0.2, 0.25) is 0 Å². The van der Waals surface area contributed by atoms with E-state index in [4.69, 9.17) is 33.2 Å². The first kappa shape index (κ1) is 29.7. The Bertz CT molecular complexity index is 699. The van der Waals surface area contributed by atoms with Crippen molar-refractivity contribution in [3.8, 4) is 0 Å². The molecule has 0 aromatic carbocycles. The molecular weight excluding hydrogens is 472 g/mol. The van der Waals surface area contributed by atoms with Gasteiger partial charge in [-0.3, -0.25) is 0 Å². The van der Waals surface area contributed by atoms with Crippen molar-refractivity contribution in [3.63, 3.8) is 0 Å². The van der Waals surface area contributed by atoms with Gasteiger partial charge in [0.15, 0.2) is 18.9 Å². The summed E-state index contributed by atoms with van der Waals surface area (Å²) in [5, 5.41) is 0. The van der Waals surface area contributed by atoms with Gasteiger partial charge in [0.05, 0.1) is 43.2 Å². The van der Waals surface area contributed by atoms with Crippen molar-refractivity contribution in [1.29, 1.82) is 0 Å². The van der Waals surface area contributed by atoms with Crippen LogP contribution in [0.1, 0.15) is 88.0 Å². The Hall–Kier alpha value is -0.280. The van der Waals surface area contributed by atoms with Crippen LogP contribution >= 0.6 is 0 Å². The van der Waals surface area contributed by atoms with Crippen LogP contribution in [0.2, 0.25) is 0 Å². The highest BCUT2D eigenvalue weighted by Gasteiger charge is 2.50. The molecule has 7 heteroatoms. The van der Waals surface area contributed by atoms with Crippen molar-refractivity contribution in [2.45, 2.75) is 143 Å². The molecule has 6 unspecified atom stereocenters. The molecule has 0 amide bonds. The van der Waals surface area contributed by atoms with Gasteiger partial charge in [-0.2, -0.15) is 0 Å². The van der Waals surface area contributed by atoms with Gasteiger partial charge in [0.25, 0.3) is 0 Å². The molecule has 6 bridgehead atoms. The van der Waals surface area contributed by atoms with E-state index in [0.29, 0.717) is 25.0 Å². The first-order chi connectivity index (χ1) is 17.7. The first-order valence-electron chi connectivity index (χ1n) is 15.2. The predicted molar refractivity (Wildman–Crippen MR) is 142 cm³/mol. The fourth-order valence-corrected chi connectivity index (χ4v) is 6.74. The molecule has 15 atom stereocenters. The highest BCUT2D eigenvalue weighted by atomic mass is 16.7. The molecule has 37 heavy (non-hydrogen) atoms. The van der Waals surface area contributed by atoms with Crippen molar-refractivity contribution >= 4 is 0 Å². The van der Waals surface area contributed by atoms with Gasteiger partial charge in [-0.15, -0.1) is 0 Å². The molecule has 0 aromatic rings. The summed E-state index contributed by atoms with van der Waals surface area (Å²) in [4.78, 5) is 0. The zero-order valence-corrected chi connectivity index (χ0v) is 24.8. The molecule has 0 aromatic heterocycles. The van der Waals surface area contributed by atoms with Gasteiger partial charge in [0, 0.05) is 24.4 Å². The molecule has 8 fully saturated rings. The second-order valence-electron chi connectivity index (χ2n) is 12.3. The van der Waals surface area contributed by atoms with Crippen LogP contribution in [0, 0.1) is 35.5 Å². The Balaban J connectivity index is 1.62. The SMILES string of the molecule is CCC1O[C@H]2OCCCO[C@@H]3C(CC)O[C@@H](O[C@@H]4C(CC)O[C@@H](O[C@H]1C(C)[C@@H]2C)[C@@H](C)C4C)[C@@H](C)C3C. The molecule has 8 rings (SSSR count). The van der Waals surface area contributed by atoms with E-state index < -0.39 is 0 Å². The van der Waals surface area contributed by atoms with E-state index in [9.17, 15) is 0 Å². The van der Waals surface area contributed by atoms with Crippen LogP contribution in [0.4, 0.5) is 0 Å². The van der Waals surface area contributed by atoms with E-state index in [0.717, 1.165) is 25.7 Å². The maximum Gasteiger partial charge on any atom is 0.161 e. The van der Waals surface area contributed by atoms with Gasteiger partial charge in [0.1, 0.15) is 0 Å². The third kappa shape index (κ3) is 6.08. The Morgan fingerprint density at radius 2 is 0.811 bits per heavy atom.